The number of hydrogen-bond acceptors (Lipinski definition) is 3. The zero-order chi connectivity index (χ0) is 19.1. The zero-order valence-corrected chi connectivity index (χ0v) is 15.8. The highest BCUT2D eigenvalue weighted by molar-refractivity contribution is 6.09. The van der Waals surface area contributed by atoms with Crippen LogP contribution in [0, 0.1) is 13.8 Å². The largest absolute Gasteiger partial charge is 0.476 e. The highest BCUT2D eigenvalue weighted by atomic mass is 16.5. The smallest absolute Gasteiger partial charge is 0.271 e. The molecule has 26 heavy (non-hydrogen) atoms. The van der Waals surface area contributed by atoms with Crippen molar-refractivity contribution in [2.45, 2.75) is 46.3 Å². The molecule has 2 amide bonds. The molecule has 1 aliphatic heterocycles. The number of anilines is 2. The molecule has 2 aromatic carbocycles. The summed E-state index contributed by atoms with van der Waals surface area (Å²) >= 11 is 0. The summed E-state index contributed by atoms with van der Waals surface area (Å²) in [7, 11) is 0. The molecule has 3 rings (SSSR count). The molecule has 136 valence electrons. The molecule has 0 aromatic heterocycles. The fourth-order valence-corrected chi connectivity index (χ4v) is 3.07. The Bertz CT molecular complexity index is 873. The third kappa shape index (κ3) is 3.17. The predicted molar refractivity (Wildman–Crippen MR) is 103 cm³/mol. The Morgan fingerprint density at radius 1 is 1.15 bits per heavy atom. The van der Waals surface area contributed by atoms with E-state index >= 15 is 0 Å². The number of aryl methyl sites for hydroxylation is 2. The molecule has 1 aliphatic rings. The predicted octanol–water partition coefficient (Wildman–Crippen LogP) is 3.83. The average molecular weight is 352 g/mol. The Morgan fingerprint density at radius 3 is 2.54 bits per heavy atom. The summed E-state index contributed by atoms with van der Waals surface area (Å²) in [5, 5.41) is 2.93. The lowest BCUT2D eigenvalue weighted by atomic mass is 10.0. The van der Waals surface area contributed by atoms with E-state index in [4.69, 9.17) is 4.74 Å². The standard InChI is InChI=1S/C21H24N2O3/c1-13-10-11-18-17(12-13)23(20(25)21(4,5)26-18)15(3)19(24)22-16-9-7-6-8-14(16)2/h6-12,15H,1-5H3,(H,22,24). The second-order valence-corrected chi connectivity index (χ2v) is 7.24. The summed E-state index contributed by atoms with van der Waals surface area (Å²) in [6.45, 7) is 9.05. The normalized spacial score (nSPS) is 16.5. The molecule has 5 nitrogen and oxygen atoms in total. The van der Waals surface area contributed by atoms with Gasteiger partial charge in [-0.1, -0.05) is 24.3 Å². The van der Waals surface area contributed by atoms with Crippen molar-refractivity contribution in [3.8, 4) is 5.75 Å². The van der Waals surface area contributed by atoms with Crippen LogP contribution in [0.15, 0.2) is 42.5 Å². The molecular formula is C21H24N2O3. The third-order valence-corrected chi connectivity index (χ3v) is 4.64. The van der Waals surface area contributed by atoms with Crippen LogP contribution < -0.4 is 15.0 Å². The SMILES string of the molecule is Cc1ccc2c(c1)N(C(C)C(=O)Nc1ccccc1C)C(=O)C(C)(C)O2. The number of benzene rings is 2. The second-order valence-electron chi connectivity index (χ2n) is 7.24. The fourth-order valence-electron chi connectivity index (χ4n) is 3.07. The average Bonchev–Trinajstić information content (AvgIpc) is 2.58. The Balaban J connectivity index is 1.96. The van der Waals surface area contributed by atoms with E-state index in [1.54, 1.807) is 25.7 Å². The molecule has 2 aromatic rings. The van der Waals surface area contributed by atoms with Crippen molar-refractivity contribution >= 4 is 23.2 Å². The molecule has 1 atom stereocenters. The summed E-state index contributed by atoms with van der Waals surface area (Å²) in [5.74, 6) is 0.136. The minimum absolute atomic E-state index is 0.233. The number of nitrogens with one attached hydrogen (secondary N) is 1. The quantitative estimate of drug-likeness (QED) is 0.913. The first-order valence-electron chi connectivity index (χ1n) is 8.70. The van der Waals surface area contributed by atoms with Crippen molar-refractivity contribution in [1.29, 1.82) is 0 Å². The van der Waals surface area contributed by atoms with Gasteiger partial charge in [0, 0.05) is 5.69 Å². The second kappa shape index (κ2) is 6.48. The topological polar surface area (TPSA) is 58.6 Å². The van der Waals surface area contributed by atoms with E-state index in [-0.39, 0.29) is 11.8 Å². The van der Waals surface area contributed by atoms with E-state index in [2.05, 4.69) is 5.32 Å². The van der Waals surface area contributed by atoms with Crippen molar-refractivity contribution in [3.05, 3.63) is 53.6 Å². The zero-order valence-electron chi connectivity index (χ0n) is 15.8. The van der Waals surface area contributed by atoms with E-state index in [1.165, 1.54) is 0 Å². The first-order valence-corrected chi connectivity index (χ1v) is 8.70. The highest BCUT2D eigenvalue weighted by Gasteiger charge is 2.44. The van der Waals surface area contributed by atoms with E-state index in [0.717, 1.165) is 16.8 Å². The number of nitrogens with zero attached hydrogens (tertiary/aromatic N) is 1. The fraction of sp³-hybridized carbons (Fsp3) is 0.333. The van der Waals surface area contributed by atoms with Crippen LogP contribution in [-0.4, -0.2) is 23.5 Å². The molecule has 0 fully saturated rings. The molecule has 1 unspecified atom stereocenters. The summed E-state index contributed by atoms with van der Waals surface area (Å²) in [5.41, 5.74) is 2.31. The lowest BCUT2D eigenvalue weighted by Crippen LogP contribution is -2.57. The molecule has 0 saturated heterocycles. The van der Waals surface area contributed by atoms with Crippen LogP contribution in [0.5, 0.6) is 5.75 Å². The highest BCUT2D eigenvalue weighted by Crippen LogP contribution is 2.39. The van der Waals surface area contributed by atoms with Crippen LogP contribution in [-0.2, 0) is 9.59 Å². The van der Waals surface area contributed by atoms with Crippen molar-refractivity contribution in [2.24, 2.45) is 0 Å². The van der Waals surface area contributed by atoms with Gasteiger partial charge in [0.05, 0.1) is 5.69 Å². The maximum atomic E-state index is 13.0. The van der Waals surface area contributed by atoms with Gasteiger partial charge in [0.15, 0.2) is 5.60 Å². The monoisotopic (exact) mass is 352 g/mol. The van der Waals surface area contributed by atoms with Gasteiger partial charge in [0.1, 0.15) is 11.8 Å². The number of hydrogen-bond donors (Lipinski definition) is 1. The van der Waals surface area contributed by atoms with Gasteiger partial charge in [-0.3, -0.25) is 14.5 Å². The van der Waals surface area contributed by atoms with Crippen molar-refractivity contribution in [2.75, 3.05) is 10.2 Å². The van der Waals surface area contributed by atoms with Gasteiger partial charge in [0.25, 0.3) is 5.91 Å². The Hall–Kier alpha value is -2.82. The van der Waals surface area contributed by atoms with Crippen LogP contribution in [0.2, 0.25) is 0 Å². The lowest BCUT2D eigenvalue weighted by Gasteiger charge is -2.41. The van der Waals surface area contributed by atoms with Crippen molar-refractivity contribution < 1.29 is 14.3 Å². The molecule has 0 spiro atoms. The first-order chi connectivity index (χ1) is 12.2. The minimum Gasteiger partial charge on any atom is -0.476 e. The van der Waals surface area contributed by atoms with E-state index in [0.29, 0.717) is 11.4 Å². The Morgan fingerprint density at radius 2 is 1.85 bits per heavy atom. The molecule has 1 heterocycles. The van der Waals surface area contributed by atoms with Crippen LogP contribution in [0.3, 0.4) is 0 Å². The number of ether oxygens (including phenoxy) is 1. The molecule has 1 N–H and O–H groups in total. The van der Waals surface area contributed by atoms with Gasteiger partial charge < -0.3 is 10.1 Å². The summed E-state index contributed by atoms with van der Waals surface area (Å²) in [6.07, 6.45) is 0. The molecule has 0 radical (unpaired) electrons. The van der Waals surface area contributed by atoms with Gasteiger partial charge in [0.2, 0.25) is 5.91 Å². The summed E-state index contributed by atoms with van der Waals surface area (Å²) < 4.78 is 5.86. The van der Waals surface area contributed by atoms with E-state index < -0.39 is 11.6 Å². The van der Waals surface area contributed by atoms with Gasteiger partial charge in [-0.15, -0.1) is 0 Å². The minimum atomic E-state index is -1.03. The van der Waals surface area contributed by atoms with Crippen LogP contribution in [0.25, 0.3) is 0 Å². The van der Waals surface area contributed by atoms with Gasteiger partial charge in [-0.05, 0) is 63.9 Å². The Labute approximate surface area is 154 Å². The number of amides is 2. The van der Waals surface area contributed by atoms with E-state index in [9.17, 15) is 9.59 Å². The molecular weight excluding hydrogens is 328 g/mol. The summed E-state index contributed by atoms with van der Waals surface area (Å²) in [6, 6.07) is 12.5. The number of fused-ring (bicyclic) bond motifs is 1. The van der Waals surface area contributed by atoms with E-state index in [1.807, 2.05) is 56.3 Å². The van der Waals surface area contributed by atoms with Gasteiger partial charge in [-0.25, -0.2) is 0 Å². The number of carbonyl (C=O) groups excluding carboxylic acids is 2. The molecule has 5 heteroatoms. The third-order valence-electron chi connectivity index (χ3n) is 4.64. The van der Waals surface area contributed by atoms with Crippen molar-refractivity contribution in [3.63, 3.8) is 0 Å². The maximum absolute atomic E-state index is 13.0. The van der Waals surface area contributed by atoms with Crippen LogP contribution in [0.1, 0.15) is 31.9 Å². The first kappa shape index (κ1) is 18.0. The lowest BCUT2D eigenvalue weighted by molar-refractivity contribution is -0.134. The summed E-state index contributed by atoms with van der Waals surface area (Å²) in [4.78, 5) is 27.4. The molecule has 0 bridgehead atoms. The Kier molecular flexibility index (Phi) is 4.48. The van der Waals surface area contributed by atoms with Gasteiger partial charge in [-0.2, -0.15) is 0 Å². The van der Waals surface area contributed by atoms with Crippen LogP contribution >= 0.6 is 0 Å². The number of para-hydroxylation sites is 1. The number of rotatable bonds is 3. The van der Waals surface area contributed by atoms with Gasteiger partial charge >= 0.3 is 0 Å². The van der Waals surface area contributed by atoms with Crippen molar-refractivity contribution in [1.82, 2.24) is 0 Å². The van der Waals surface area contributed by atoms with Crippen LogP contribution in [0.4, 0.5) is 11.4 Å². The molecule has 0 saturated carbocycles. The molecule has 0 aliphatic carbocycles. The number of carbonyl (C=O) groups is 2. The maximum Gasteiger partial charge on any atom is 0.271 e.